The summed E-state index contributed by atoms with van der Waals surface area (Å²) in [6.45, 7) is 4.61. The summed E-state index contributed by atoms with van der Waals surface area (Å²) in [5.41, 5.74) is 1.09. The van der Waals surface area contributed by atoms with Crippen LogP contribution in [0, 0.1) is 19.8 Å². The average Bonchev–Trinajstić information content (AvgIpc) is 2.86. The van der Waals surface area contributed by atoms with Gasteiger partial charge >= 0.3 is 12.0 Å². The van der Waals surface area contributed by atoms with Gasteiger partial charge in [0.25, 0.3) is 11.7 Å². The van der Waals surface area contributed by atoms with Gasteiger partial charge in [0.2, 0.25) is 0 Å². The van der Waals surface area contributed by atoms with Gasteiger partial charge in [0, 0.05) is 18.8 Å². The van der Waals surface area contributed by atoms with Gasteiger partial charge in [0.1, 0.15) is 0 Å². The first kappa shape index (κ1) is 20.6. The second kappa shape index (κ2) is 8.79. The molecule has 2 rings (SSSR count). The average molecular weight is 378 g/mol. The lowest BCUT2D eigenvalue weighted by atomic mass is 9.86. The number of hydrogen-bond acceptors (Lipinski definition) is 6. The van der Waals surface area contributed by atoms with Crippen molar-refractivity contribution in [2.75, 3.05) is 6.61 Å². The minimum Gasteiger partial charge on any atom is -0.450 e. The van der Waals surface area contributed by atoms with E-state index < -0.39 is 30.3 Å². The molecular formula is C18H26N4O5. The zero-order chi connectivity index (χ0) is 20.1. The third kappa shape index (κ3) is 5.15. The predicted molar refractivity (Wildman–Crippen MR) is 96.1 cm³/mol. The number of ketones is 1. The van der Waals surface area contributed by atoms with E-state index >= 15 is 0 Å². The van der Waals surface area contributed by atoms with Crippen LogP contribution < -0.4 is 10.6 Å². The van der Waals surface area contributed by atoms with Gasteiger partial charge in [-0.2, -0.15) is 5.10 Å². The molecule has 3 amide bonds. The van der Waals surface area contributed by atoms with Crippen molar-refractivity contribution >= 4 is 23.7 Å². The van der Waals surface area contributed by atoms with Gasteiger partial charge in [-0.05, 0) is 32.6 Å². The number of carbonyl (C=O) groups excluding carboxylic acids is 4. The van der Waals surface area contributed by atoms with Gasteiger partial charge in [-0.3, -0.25) is 19.6 Å². The summed E-state index contributed by atoms with van der Waals surface area (Å²) in [4.78, 5) is 47.8. The summed E-state index contributed by atoms with van der Waals surface area (Å²) in [5.74, 6) is -2.48. The minimum absolute atomic E-state index is 0.0206. The number of hydrogen-bond donors (Lipinski definition) is 2. The normalized spacial score (nSPS) is 19.3. The number of aromatic nitrogens is 2. The molecule has 0 radical (unpaired) electrons. The Morgan fingerprint density at radius 3 is 2.44 bits per heavy atom. The summed E-state index contributed by atoms with van der Waals surface area (Å²) in [6, 6.07) is -0.604. The quantitative estimate of drug-likeness (QED) is 0.451. The smallest absolute Gasteiger partial charge is 0.380 e. The first-order valence-electron chi connectivity index (χ1n) is 9.02. The van der Waals surface area contributed by atoms with E-state index in [9.17, 15) is 19.2 Å². The van der Waals surface area contributed by atoms with Crippen LogP contribution in [0.25, 0.3) is 0 Å². The van der Waals surface area contributed by atoms with Crippen molar-refractivity contribution in [3.8, 4) is 0 Å². The Kier molecular flexibility index (Phi) is 6.70. The Labute approximate surface area is 157 Å². The van der Waals surface area contributed by atoms with Crippen molar-refractivity contribution in [2.45, 2.75) is 52.5 Å². The second-order valence-corrected chi connectivity index (χ2v) is 6.96. The van der Waals surface area contributed by atoms with E-state index in [2.05, 4.69) is 22.7 Å². The van der Waals surface area contributed by atoms with Crippen LogP contribution in [-0.2, 0) is 21.4 Å². The number of nitrogens with one attached hydrogen (secondary N) is 2. The molecule has 1 saturated carbocycles. The molecule has 9 nitrogen and oxygen atoms in total. The molecule has 1 heterocycles. The van der Waals surface area contributed by atoms with Crippen molar-refractivity contribution in [1.82, 2.24) is 20.4 Å². The number of imide groups is 1. The summed E-state index contributed by atoms with van der Waals surface area (Å²) in [6.07, 6.45) is 4.08. The summed E-state index contributed by atoms with van der Waals surface area (Å²) in [7, 11) is 1.66. The van der Waals surface area contributed by atoms with E-state index in [1.807, 2.05) is 0 Å². The molecule has 1 fully saturated rings. The van der Waals surface area contributed by atoms with Crippen molar-refractivity contribution in [3.05, 3.63) is 17.0 Å². The summed E-state index contributed by atoms with van der Waals surface area (Å²) < 4.78 is 6.22. The van der Waals surface area contributed by atoms with Crippen molar-refractivity contribution in [1.29, 1.82) is 0 Å². The fraction of sp³-hybridized carbons (Fsp3) is 0.611. The maximum Gasteiger partial charge on any atom is 0.380 e. The standard InChI is InChI=1S/C18H26N4O5/c1-10-7-5-6-8-13(10)19-18(26)20-14(23)9-27-17(25)16(24)15-11(2)21-22(4)12(15)3/h10,13H,5-9H2,1-4H3,(H2,19,20,23,26). The maximum absolute atomic E-state index is 12.2. The molecule has 1 aromatic heterocycles. The number of rotatable bonds is 5. The zero-order valence-electron chi connectivity index (χ0n) is 16.1. The Bertz CT molecular complexity index is 755. The molecule has 0 bridgehead atoms. The fourth-order valence-electron chi connectivity index (χ4n) is 3.30. The number of carbonyl (C=O) groups is 4. The van der Waals surface area contributed by atoms with Crippen LogP contribution in [0.2, 0.25) is 0 Å². The van der Waals surface area contributed by atoms with Crippen molar-refractivity contribution in [3.63, 3.8) is 0 Å². The van der Waals surface area contributed by atoms with E-state index in [0.717, 1.165) is 25.7 Å². The van der Waals surface area contributed by atoms with E-state index in [1.54, 1.807) is 20.9 Å². The SMILES string of the molecule is Cc1nn(C)c(C)c1C(=O)C(=O)OCC(=O)NC(=O)NC1CCCCC1C. The second-order valence-electron chi connectivity index (χ2n) is 6.96. The fourth-order valence-corrected chi connectivity index (χ4v) is 3.30. The molecule has 0 saturated heterocycles. The minimum atomic E-state index is -1.16. The number of urea groups is 1. The highest BCUT2D eigenvalue weighted by atomic mass is 16.5. The zero-order valence-corrected chi connectivity index (χ0v) is 16.1. The Balaban J connectivity index is 1.81. The van der Waals surface area contributed by atoms with Crippen LogP contribution in [0.4, 0.5) is 4.79 Å². The van der Waals surface area contributed by atoms with Crippen LogP contribution >= 0.6 is 0 Å². The number of esters is 1. The summed E-state index contributed by atoms with van der Waals surface area (Å²) >= 11 is 0. The molecule has 0 spiro atoms. The van der Waals surface area contributed by atoms with Crippen LogP contribution in [0.3, 0.4) is 0 Å². The van der Waals surface area contributed by atoms with Gasteiger partial charge in [-0.1, -0.05) is 19.8 Å². The van der Waals surface area contributed by atoms with E-state index in [1.165, 1.54) is 4.68 Å². The molecule has 148 valence electrons. The molecule has 0 aliphatic heterocycles. The molecule has 2 N–H and O–H groups in total. The Morgan fingerprint density at radius 2 is 1.85 bits per heavy atom. The first-order valence-corrected chi connectivity index (χ1v) is 9.02. The van der Waals surface area contributed by atoms with Crippen LogP contribution in [0.5, 0.6) is 0 Å². The van der Waals surface area contributed by atoms with Gasteiger partial charge < -0.3 is 10.1 Å². The molecule has 1 aromatic rings. The summed E-state index contributed by atoms with van der Waals surface area (Å²) in [5, 5.41) is 8.94. The highest BCUT2D eigenvalue weighted by molar-refractivity contribution is 6.41. The molecule has 1 aliphatic carbocycles. The maximum atomic E-state index is 12.2. The third-order valence-electron chi connectivity index (χ3n) is 4.94. The number of nitrogens with zero attached hydrogens (tertiary/aromatic N) is 2. The van der Waals surface area contributed by atoms with E-state index in [4.69, 9.17) is 4.74 Å². The third-order valence-corrected chi connectivity index (χ3v) is 4.94. The van der Waals surface area contributed by atoms with Crippen molar-refractivity contribution < 1.29 is 23.9 Å². The molecule has 1 aliphatic rings. The lowest BCUT2D eigenvalue weighted by Gasteiger charge is -2.29. The van der Waals surface area contributed by atoms with Crippen molar-refractivity contribution in [2.24, 2.45) is 13.0 Å². The molecule has 2 unspecified atom stereocenters. The number of Topliss-reactive ketones (excluding diaryl/α,β-unsaturated/α-hetero) is 1. The van der Waals surface area contributed by atoms with E-state index in [0.29, 0.717) is 17.3 Å². The van der Waals surface area contributed by atoms with Gasteiger partial charge in [-0.25, -0.2) is 9.59 Å². The highest BCUT2D eigenvalue weighted by Crippen LogP contribution is 2.23. The molecule has 2 atom stereocenters. The monoisotopic (exact) mass is 378 g/mol. The van der Waals surface area contributed by atoms with Gasteiger partial charge in [0.05, 0.1) is 11.3 Å². The number of amides is 3. The predicted octanol–water partition coefficient (Wildman–Crippen LogP) is 1.17. The topological polar surface area (TPSA) is 119 Å². The number of aryl methyl sites for hydroxylation is 2. The van der Waals surface area contributed by atoms with E-state index in [-0.39, 0.29) is 11.6 Å². The lowest BCUT2D eigenvalue weighted by molar-refractivity contribution is -0.143. The molecule has 27 heavy (non-hydrogen) atoms. The highest BCUT2D eigenvalue weighted by Gasteiger charge is 2.27. The van der Waals surface area contributed by atoms with Gasteiger partial charge in [-0.15, -0.1) is 0 Å². The molecule has 0 aromatic carbocycles. The molecular weight excluding hydrogens is 352 g/mol. The first-order chi connectivity index (χ1) is 12.7. The van der Waals surface area contributed by atoms with Crippen LogP contribution in [0.15, 0.2) is 0 Å². The molecule has 9 heteroatoms. The number of ether oxygens (including phenoxy) is 1. The van der Waals surface area contributed by atoms with Crippen LogP contribution in [-0.4, -0.2) is 46.1 Å². The van der Waals surface area contributed by atoms with Gasteiger partial charge in [0.15, 0.2) is 6.61 Å². The lowest BCUT2D eigenvalue weighted by Crippen LogP contribution is -2.48. The Morgan fingerprint density at radius 1 is 1.19 bits per heavy atom. The Hall–Kier alpha value is -2.71. The largest absolute Gasteiger partial charge is 0.450 e. The van der Waals surface area contributed by atoms with Crippen LogP contribution in [0.1, 0.15) is 54.4 Å².